The quantitative estimate of drug-likeness (QED) is 0.504. The van der Waals surface area contributed by atoms with Crippen LogP contribution in [-0.2, 0) is 5.54 Å². The topological polar surface area (TPSA) is 105 Å². The van der Waals surface area contributed by atoms with Crippen LogP contribution in [-0.4, -0.2) is 38.7 Å². The van der Waals surface area contributed by atoms with E-state index in [4.69, 9.17) is 0 Å². The van der Waals surface area contributed by atoms with E-state index < -0.39 is 0 Å². The summed E-state index contributed by atoms with van der Waals surface area (Å²) in [6.45, 7) is 7.07. The van der Waals surface area contributed by atoms with Gasteiger partial charge in [0.2, 0.25) is 5.95 Å². The smallest absolute Gasteiger partial charge is 0.263 e. The minimum absolute atomic E-state index is 0.116. The summed E-state index contributed by atoms with van der Waals surface area (Å²) < 4.78 is 2.67. The van der Waals surface area contributed by atoms with Crippen molar-refractivity contribution in [3.05, 3.63) is 50.9 Å². The Hall–Kier alpha value is -2.68. The standard InChI is InChI=1S/C19H23BrN6O2/c1-19(2,3)26-15-14(11-23-26)17(28)25-18(24-15)22-10-4-9-21-16(27)12-5-7-13(20)8-6-12/h5-8,11H,4,9-10H2,1-3H3,(H,21,27)(H2,22,24,25,28). The number of anilines is 1. The van der Waals surface area contributed by atoms with Gasteiger partial charge in [0.1, 0.15) is 5.39 Å². The molecule has 0 aliphatic carbocycles. The third-order valence-corrected chi connectivity index (χ3v) is 4.64. The molecule has 28 heavy (non-hydrogen) atoms. The zero-order chi connectivity index (χ0) is 20.3. The molecule has 1 amide bonds. The second-order valence-corrected chi connectivity index (χ2v) is 8.34. The van der Waals surface area contributed by atoms with Crippen molar-refractivity contribution in [1.82, 2.24) is 25.1 Å². The molecule has 1 aromatic carbocycles. The van der Waals surface area contributed by atoms with Gasteiger partial charge in [0, 0.05) is 23.1 Å². The van der Waals surface area contributed by atoms with Crippen molar-refractivity contribution in [2.45, 2.75) is 32.7 Å². The largest absolute Gasteiger partial charge is 0.356 e. The van der Waals surface area contributed by atoms with Crippen LogP contribution >= 0.6 is 15.9 Å². The molecule has 148 valence electrons. The molecule has 0 aliphatic heterocycles. The van der Waals surface area contributed by atoms with Crippen LogP contribution in [0.2, 0.25) is 0 Å². The summed E-state index contributed by atoms with van der Waals surface area (Å²) in [5.41, 5.74) is 0.647. The van der Waals surface area contributed by atoms with Gasteiger partial charge in [0.05, 0.1) is 11.7 Å². The molecule has 3 aromatic rings. The van der Waals surface area contributed by atoms with Gasteiger partial charge in [-0.15, -0.1) is 0 Å². The van der Waals surface area contributed by atoms with E-state index in [0.29, 0.717) is 42.1 Å². The lowest BCUT2D eigenvalue weighted by molar-refractivity contribution is 0.0953. The molecule has 0 aliphatic rings. The van der Waals surface area contributed by atoms with Crippen LogP contribution in [0.3, 0.4) is 0 Å². The Labute approximate surface area is 170 Å². The van der Waals surface area contributed by atoms with Crippen LogP contribution in [0.15, 0.2) is 39.7 Å². The average Bonchev–Trinajstić information content (AvgIpc) is 3.07. The number of benzene rings is 1. The van der Waals surface area contributed by atoms with Crippen molar-refractivity contribution in [1.29, 1.82) is 0 Å². The van der Waals surface area contributed by atoms with Gasteiger partial charge in [-0.25, -0.2) is 4.68 Å². The molecule has 0 unspecified atom stereocenters. The van der Waals surface area contributed by atoms with Crippen LogP contribution in [0.1, 0.15) is 37.6 Å². The van der Waals surface area contributed by atoms with E-state index in [0.717, 1.165) is 4.47 Å². The normalized spacial score (nSPS) is 11.6. The van der Waals surface area contributed by atoms with Gasteiger partial charge in [-0.3, -0.25) is 14.6 Å². The van der Waals surface area contributed by atoms with Crippen LogP contribution in [0.5, 0.6) is 0 Å². The van der Waals surface area contributed by atoms with Gasteiger partial charge < -0.3 is 10.6 Å². The summed E-state index contributed by atoms with van der Waals surface area (Å²) in [6, 6.07) is 7.19. The van der Waals surface area contributed by atoms with Crippen molar-refractivity contribution in [3.8, 4) is 0 Å². The van der Waals surface area contributed by atoms with Crippen LogP contribution < -0.4 is 16.2 Å². The van der Waals surface area contributed by atoms with E-state index in [9.17, 15) is 9.59 Å². The first-order chi connectivity index (χ1) is 13.3. The minimum atomic E-state index is -0.281. The Morgan fingerprint density at radius 2 is 1.93 bits per heavy atom. The van der Waals surface area contributed by atoms with Crippen molar-refractivity contribution >= 4 is 38.8 Å². The summed E-state index contributed by atoms with van der Waals surface area (Å²) in [7, 11) is 0. The van der Waals surface area contributed by atoms with E-state index in [1.54, 1.807) is 16.8 Å². The highest BCUT2D eigenvalue weighted by molar-refractivity contribution is 9.10. The molecule has 2 heterocycles. The number of halogens is 1. The number of nitrogens with zero attached hydrogens (tertiary/aromatic N) is 3. The number of H-pyrrole nitrogens is 1. The molecule has 0 atom stereocenters. The predicted molar refractivity (Wildman–Crippen MR) is 113 cm³/mol. The van der Waals surface area contributed by atoms with Gasteiger partial charge >= 0.3 is 0 Å². The molecular weight excluding hydrogens is 424 g/mol. The number of hydrogen-bond donors (Lipinski definition) is 3. The summed E-state index contributed by atoms with van der Waals surface area (Å²) in [4.78, 5) is 31.5. The molecular formula is C19H23BrN6O2. The Bertz CT molecular complexity index is 1030. The second-order valence-electron chi connectivity index (χ2n) is 7.42. The van der Waals surface area contributed by atoms with Crippen molar-refractivity contribution in [2.24, 2.45) is 0 Å². The fourth-order valence-corrected chi connectivity index (χ4v) is 2.96. The second kappa shape index (κ2) is 8.14. The summed E-state index contributed by atoms with van der Waals surface area (Å²) in [6.07, 6.45) is 2.22. The number of aromatic nitrogens is 4. The van der Waals surface area contributed by atoms with E-state index in [1.807, 2.05) is 32.9 Å². The van der Waals surface area contributed by atoms with Gasteiger partial charge in [-0.2, -0.15) is 10.1 Å². The van der Waals surface area contributed by atoms with Gasteiger partial charge in [-0.05, 0) is 51.5 Å². The van der Waals surface area contributed by atoms with E-state index in [1.165, 1.54) is 6.20 Å². The van der Waals surface area contributed by atoms with Crippen molar-refractivity contribution in [2.75, 3.05) is 18.4 Å². The summed E-state index contributed by atoms with van der Waals surface area (Å²) >= 11 is 3.35. The fourth-order valence-electron chi connectivity index (χ4n) is 2.69. The number of amides is 1. The Balaban J connectivity index is 1.56. The number of rotatable bonds is 6. The SMILES string of the molecule is CC(C)(C)n1ncc2c(=O)[nH]c(NCCCNC(=O)c3ccc(Br)cc3)nc21. The Morgan fingerprint density at radius 3 is 2.61 bits per heavy atom. The third kappa shape index (κ3) is 4.59. The van der Waals surface area contributed by atoms with Gasteiger partial charge in [0.15, 0.2) is 5.65 Å². The van der Waals surface area contributed by atoms with Crippen molar-refractivity contribution < 1.29 is 4.79 Å². The molecule has 0 bridgehead atoms. The molecule has 8 nitrogen and oxygen atoms in total. The highest BCUT2D eigenvalue weighted by Crippen LogP contribution is 2.18. The predicted octanol–water partition coefficient (Wildman–Crippen LogP) is 2.87. The van der Waals surface area contributed by atoms with Gasteiger partial charge in [0.25, 0.3) is 11.5 Å². The molecule has 3 N–H and O–H groups in total. The number of nitrogens with one attached hydrogen (secondary N) is 3. The lowest BCUT2D eigenvalue weighted by Crippen LogP contribution is -2.26. The number of aromatic amines is 1. The van der Waals surface area contributed by atoms with Gasteiger partial charge in [-0.1, -0.05) is 15.9 Å². The maximum absolute atomic E-state index is 12.2. The molecule has 0 saturated carbocycles. The molecule has 0 saturated heterocycles. The Morgan fingerprint density at radius 1 is 1.21 bits per heavy atom. The average molecular weight is 447 g/mol. The molecule has 0 fully saturated rings. The minimum Gasteiger partial charge on any atom is -0.356 e. The fraction of sp³-hybridized carbons (Fsp3) is 0.368. The first-order valence-corrected chi connectivity index (χ1v) is 9.81. The monoisotopic (exact) mass is 446 g/mol. The molecule has 0 radical (unpaired) electrons. The highest BCUT2D eigenvalue weighted by atomic mass is 79.9. The maximum Gasteiger partial charge on any atom is 0.263 e. The lowest BCUT2D eigenvalue weighted by Gasteiger charge is -2.19. The van der Waals surface area contributed by atoms with E-state index >= 15 is 0 Å². The lowest BCUT2D eigenvalue weighted by atomic mass is 10.1. The third-order valence-electron chi connectivity index (χ3n) is 4.11. The number of fused-ring (bicyclic) bond motifs is 1. The number of carbonyl (C=O) groups is 1. The first-order valence-electron chi connectivity index (χ1n) is 9.02. The van der Waals surface area contributed by atoms with Crippen LogP contribution in [0.4, 0.5) is 5.95 Å². The maximum atomic E-state index is 12.2. The van der Waals surface area contributed by atoms with E-state index in [2.05, 4.69) is 41.6 Å². The van der Waals surface area contributed by atoms with E-state index in [-0.39, 0.29) is 17.0 Å². The zero-order valence-electron chi connectivity index (χ0n) is 16.0. The first kappa shape index (κ1) is 20.1. The molecule has 0 spiro atoms. The number of hydrogen-bond acceptors (Lipinski definition) is 5. The van der Waals surface area contributed by atoms with Crippen LogP contribution in [0.25, 0.3) is 11.0 Å². The summed E-state index contributed by atoms with van der Waals surface area (Å²) in [5.74, 6) is 0.275. The Kier molecular flexibility index (Phi) is 5.83. The molecule has 2 aromatic heterocycles. The summed E-state index contributed by atoms with van der Waals surface area (Å²) in [5, 5.41) is 10.7. The zero-order valence-corrected chi connectivity index (χ0v) is 17.6. The van der Waals surface area contributed by atoms with Crippen LogP contribution in [0, 0.1) is 0 Å². The molecule has 3 rings (SSSR count). The van der Waals surface area contributed by atoms with Crippen molar-refractivity contribution in [3.63, 3.8) is 0 Å². The number of carbonyl (C=O) groups excluding carboxylic acids is 1. The molecule has 9 heteroatoms. The highest BCUT2D eigenvalue weighted by Gasteiger charge is 2.19.